The first-order valence-corrected chi connectivity index (χ1v) is 4.72. The molecule has 0 spiro atoms. The second-order valence-electron chi connectivity index (χ2n) is 2.73. The zero-order valence-corrected chi connectivity index (χ0v) is 8.88. The highest BCUT2D eigenvalue weighted by atomic mass is 79.9. The van der Waals surface area contributed by atoms with Crippen molar-refractivity contribution in [3.8, 4) is 11.5 Å². The van der Waals surface area contributed by atoms with Crippen LogP contribution in [-0.4, -0.2) is 10.2 Å². The monoisotopic (exact) mass is 256 g/mol. The van der Waals surface area contributed by atoms with Gasteiger partial charge in [0.2, 0.25) is 5.89 Å². The zero-order chi connectivity index (χ0) is 10.1. The Hall–Kier alpha value is -1.23. The molecule has 1 aromatic heterocycles. The first-order valence-electron chi connectivity index (χ1n) is 3.93. The number of nitrogens with zero attached hydrogens (tertiary/aromatic N) is 2. The van der Waals surface area contributed by atoms with Gasteiger partial charge in [0.15, 0.2) is 0 Å². The Morgan fingerprint density at radius 1 is 1.36 bits per heavy atom. The van der Waals surface area contributed by atoms with Crippen molar-refractivity contribution in [1.29, 1.82) is 0 Å². The van der Waals surface area contributed by atoms with Crippen LogP contribution in [0, 0.1) is 12.7 Å². The molecule has 1 aromatic carbocycles. The fourth-order valence-corrected chi connectivity index (χ4v) is 1.44. The third-order valence-electron chi connectivity index (χ3n) is 1.71. The Labute approximate surface area is 88.1 Å². The van der Waals surface area contributed by atoms with Crippen LogP contribution in [0.2, 0.25) is 0 Å². The molecule has 0 radical (unpaired) electrons. The minimum Gasteiger partial charge on any atom is -0.421 e. The molecule has 0 atom stereocenters. The second-order valence-corrected chi connectivity index (χ2v) is 3.58. The van der Waals surface area contributed by atoms with Crippen LogP contribution in [0.25, 0.3) is 11.5 Å². The van der Waals surface area contributed by atoms with Crippen molar-refractivity contribution in [3.05, 3.63) is 34.4 Å². The van der Waals surface area contributed by atoms with Gasteiger partial charge in [-0.25, -0.2) is 4.39 Å². The fourth-order valence-electron chi connectivity index (χ4n) is 1.07. The van der Waals surface area contributed by atoms with E-state index in [9.17, 15) is 4.39 Å². The Morgan fingerprint density at radius 2 is 2.14 bits per heavy atom. The van der Waals surface area contributed by atoms with Gasteiger partial charge in [0, 0.05) is 6.92 Å². The third kappa shape index (κ3) is 1.55. The molecular formula is C9H6BrFN2O. The Bertz CT molecular complexity index is 470. The molecule has 0 bridgehead atoms. The molecule has 0 unspecified atom stereocenters. The lowest BCUT2D eigenvalue weighted by atomic mass is 10.2. The van der Waals surface area contributed by atoms with Gasteiger partial charge in [-0.3, -0.25) is 0 Å². The van der Waals surface area contributed by atoms with E-state index in [4.69, 9.17) is 4.42 Å². The van der Waals surface area contributed by atoms with Crippen molar-refractivity contribution < 1.29 is 8.81 Å². The van der Waals surface area contributed by atoms with Gasteiger partial charge >= 0.3 is 0 Å². The van der Waals surface area contributed by atoms with Crippen molar-refractivity contribution in [1.82, 2.24) is 10.2 Å². The second kappa shape index (κ2) is 3.49. The summed E-state index contributed by atoms with van der Waals surface area (Å²) in [6.45, 7) is 1.66. The van der Waals surface area contributed by atoms with Gasteiger partial charge in [-0.1, -0.05) is 6.07 Å². The lowest BCUT2D eigenvalue weighted by Gasteiger charge is -1.98. The fraction of sp³-hybridized carbons (Fsp3) is 0.111. The predicted octanol–water partition coefficient (Wildman–Crippen LogP) is 2.95. The number of benzene rings is 1. The minimum atomic E-state index is -0.392. The average Bonchev–Trinajstić information content (AvgIpc) is 2.57. The van der Waals surface area contributed by atoms with Gasteiger partial charge < -0.3 is 4.42 Å². The molecule has 0 saturated carbocycles. The van der Waals surface area contributed by atoms with Gasteiger partial charge in [0.25, 0.3) is 5.89 Å². The summed E-state index contributed by atoms with van der Waals surface area (Å²) in [6.07, 6.45) is 0. The lowest BCUT2D eigenvalue weighted by Crippen LogP contribution is -1.85. The number of hydrogen-bond donors (Lipinski definition) is 0. The highest BCUT2D eigenvalue weighted by Gasteiger charge is 2.13. The van der Waals surface area contributed by atoms with Gasteiger partial charge in [0.05, 0.1) is 10.0 Å². The van der Waals surface area contributed by atoms with Gasteiger partial charge in [0.1, 0.15) is 5.82 Å². The highest BCUT2D eigenvalue weighted by molar-refractivity contribution is 9.10. The van der Waals surface area contributed by atoms with E-state index in [0.717, 1.165) is 0 Å². The molecule has 0 aliphatic heterocycles. The standard InChI is InChI=1S/C9H6BrFN2O/c1-5-12-13-9(14-5)6-3-2-4-7(10)8(6)11/h2-4H,1H3. The maximum atomic E-state index is 13.5. The van der Waals surface area contributed by atoms with E-state index < -0.39 is 5.82 Å². The third-order valence-corrected chi connectivity index (χ3v) is 2.32. The van der Waals surface area contributed by atoms with E-state index in [2.05, 4.69) is 26.1 Å². The van der Waals surface area contributed by atoms with Crippen LogP contribution in [-0.2, 0) is 0 Å². The highest BCUT2D eigenvalue weighted by Crippen LogP contribution is 2.26. The largest absolute Gasteiger partial charge is 0.421 e. The number of hydrogen-bond acceptors (Lipinski definition) is 3. The van der Waals surface area contributed by atoms with Crippen LogP contribution in [0.4, 0.5) is 4.39 Å². The number of aromatic nitrogens is 2. The summed E-state index contributed by atoms with van der Waals surface area (Å²) in [6, 6.07) is 4.91. The normalized spacial score (nSPS) is 10.5. The van der Waals surface area contributed by atoms with Crippen LogP contribution in [0.3, 0.4) is 0 Å². The summed E-state index contributed by atoms with van der Waals surface area (Å²) in [5, 5.41) is 7.38. The molecular weight excluding hydrogens is 251 g/mol. The Kier molecular flexibility index (Phi) is 2.33. The van der Waals surface area contributed by atoms with Crippen LogP contribution in [0.1, 0.15) is 5.89 Å². The van der Waals surface area contributed by atoms with Crippen molar-refractivity contribution in [3.63, 3.8) is 0 Å². The van der Waals surface area contributed by atoms with Crippen molar-refractivity contribution >= 4 is 15.9 Å². The van der Waals surface area contributed by atoms with Crippen LogP contribution in [0.15, 0.2) is 27.1 Å². The number of aryl methyl sites for hydroxylation is 1. The predicted molar refractivity (Wildman–Crippen MR) is 52.1 cm³/mol. The molecule has 0 N–H and O–H groups in total. The van der Waals surface area contributed by atoms with Crippen molar-refractivity contribution in [2.75, 3.05) is 0 Å². The molecule has 1 heterocycles. The summed E-state index contributed by atoms with van der Waals surface area (Å²) in [5.41, 5.74) is 0.306. The van der Waals surface area contributed by atoms with E-state index in [0.29, 0.717) is 15.9 Å². The van der Waals surface area contributed by atoms with Gasteiger partial charge in [-0.2, -0.15) is 0 Å². The van der Waals surface area contributed by atoms with E-state index in [1.54, 1.807) is 25.1 Å². The Morgan fingerprint density at radius 3 is 2.79 bits per heavy atom. The molecule has 2 rings (SSSR count). The SMILES string of the molecule is Cc1nnc(-c2cccc(Br)c2F)o1. The lowest BCUT2D eigenvalue weighted by molar-refractivity contribution is 0.526. The van der Waals surface area contributed by atoms with Crippen LogP contribution >= 0.6 is 15.9 Å². The van der Waals surface area contributed by atoms with Crippen LogP contribution in [0.5, 0.6) is 0 Å². The molecule has 72 valence electrons. The van der Waals surface area contributed by atoms with Gasteiger partial charge in [-0.15, -0.1) is 10.2 Å². The first kappa shape index (κ1) is 9.33. The topological polar surface area (TPSA) is 38.9 Å². The number of halogens is 2. The molecule has 5 heteroatoms. The molecule has 14 heavy (non-hydrogen) atoms. The van der Waals surface area contributed by atoms with E-state index in [1.807, 2.05) is 0 Å². The molecule has 0 aliphatic rings. The molecule has 0 saturated heterocycles. The molecule has 0 amide bonds. The van der Waals surface area contributed by atoms with Crippen molar-refractivity contribution in [2.24, 2.45) is 0 Å². The minimum absolute atomic E-state index is 0.196. The quantitative estimate of drug-likeness (QED) is 0.788. The molecule has 0 fully saturated rings. The first-order chi connectivity index (χ1) is 6.68. The summed E-state index contributed by atoms with van der Waals surface area (Å²) in [7, 11) is 0. The van der Waals surface area contributed by atoms with Crippen molar-refractivity contribution in [2.45, 2.75) is 6.92 Å². The van der Waals surface area contributed by atoms with Crippen LogP contribution < -0.4 is 0 Å². The average molecular weight is 257 g/mol. The maximum absolute atomic E-state index is 13.5. The molecule has 0 aliphatic carbocycles. The molecule has 3 nitrogen and oxygen atoms in total. The Balaban J connectivity index is 2.57. The maximum Gasteiger partial charge on any atom is 0.250 e. The zero-order valence-electron chi connectivity index (χ0n) is 7.29. The van der Waals surface area contributed by atoms with E-state index in [-0.39, 0.29) is 5.89 Å². The van der Waals surface area contributed by atoms with E-state index in [1.165, 1.54) is 0 Å². The smallest absolute Gasteiger partial charge is 0.250 e. The summed E-state index contributed by atoms with van der Waals surface area (Å²) >= 11 is 3.09. The van der Waals surface area contributed by atoms with Gasteiger partial charge in [-0.05, 0) is 28.1 Å². The summed E-state index contributed by atoms with van der Waals surface area (Å²) in [4.78, 5) is 0. The molecule has 2 aromatic rings. The van der Waals surface area contributed by atoms with E-state index >= 15 is 0 Å². The summed E-state index contributed by atoms with van der Waals surface area (Å²) < 4.78 is 19.0. The number of rotatable bonds is 1. The summed E-state index contributed by atoms with van der Waals surface area (Å²) in [5.74, 6) is 0.219.